The van der Waals surface area contributed by atoms with Crippen molar-refractivity contribution >= 4 is 11.6 Å². The number of nitrogens with zero attached hydrogens (tertiary/aromatic N) is 1. The molecule has 86 valence electrons. The first-order chi connectivity index (χ1) is 7.61. The first-order valence-corrected chi connectivity index (χ1v) is 5.42. The van der Waals surface area contributed by atoms with Crippen LogP contribution >= 0.6 is 0 Å². The Labute approximate surface area is 97.1 Å². The largest absolute Gasteiger partial charge is 0.370 e. The Bertz CT molecular complexity index is 394. The fourth-order valence-corrected chi connectivity index (χ4v) is 1.28. The van der Waals surface area contributed by atoms with Crippen LogP contribution in [0.2, 0.25) is 0 Å². The van der Waals surface area contributed by atoms with Crippen LogP contribution in [0, 0.1) is 0 Å². The summed E-state index contributed by atoms with van der Waals surface area (Å²) in [4.78, 5) is 4.16. The van der Waals surface area contributed by atoms with Gasteiger partial charge in [0, 0.05) is 5.69 Å². The molecule has 0 bridgehead atoms. The molecule has 1 aromatic rings. The van der Waals surface area contributed by atoms with Crippen LogP contribution in [-0.4, -0.2) is 12.5 Å². The second kappa shape index (κ2) is 5.95. The lowest BCUT2D eigenvalue weighted by Crippen LogP contribution is -2.22. The number of nitrogens with one attached hydrogen (secondary N) is 1. The highest BCUT2D eigenvalue weighted by molar-refractivity contribution is 5.92. The number of hydrogen-bond acceptors (Lipinski definition) is 1. The summed E-state index contributed by atoms with van der Waals surface area (Å²) in [7, 11) is 0. The first kappa shape index (κ1) is 12.3. The third-order valence-electron chi connectivity index (χ3n) is 2.13. The summed E-state index contributed by atoms with van der Waals surface area (Å²) >= 11 is 0. The highest BCUT2D eigenvalue weighted by Crippen LogP contribution is 2.10. The molecule has 1 aromatic carbocycles. The van der Waals surface area contributed by atoms with Crippen molar-refractivity contribution < 1.29 is 0 Å². The Morgan fingerprint density at radius 1 is 1.50 bits per heavy atom. The SMILES string of the molecule is C=C(C)CN=C(N)Nc1cccc(CC)c1. The minimum atomic E-state index is 0.427. The highest BCUT2D eigenvalue weighted by atomic mass is 15.1. The van der Waals surface area contributed by atoms with Gasteiger partial charge in [0.25, 0.3) is 0 Å². The van der Waals surface area contributed by atoms with Crippen molar-refractivity contribution in [3.8, 4) is 0 Å². The van der Waals surface area contributed by atoms with E-state index in [2.05, 4.69) is 35.9 Å². The number of nitrogens with two attached hydrogens (primary N) is 1. The van der Waals surface area contributed by atoms with Gasteiger partial charge in [-0.15, -0.1) is 0 Å². The number of benzene rings is 1. The van der Waals surface area contributed by atoms with E-state index in [1.54, 1.807) is 0 Å². The molecule has 0 heterocycles. The molecule has 0 atom stereocenters. The van der Waals surface area contributed by atoms with E-state index in [0.29, 0.717) is 12.5 Å². The Morgan fingerprint density at radius 2 is 2.25 bits per heavy atom. The molecule has 0 aliphatic carbocycles. The monoisotopic (exact) mass is 217 g/mol. The van der Waals surface area contributed by atoms with Crippen molar-refractivity contribution in [2.75, 3.05) is 11.9 Å². The van der Waals surface area contributed by atoms with Crippen LogP contribution in [0.4, 0.5) is 5.69 Å². The predicted molar refractivity (Wildman–Crippen MR) is 70.7 cm³/mol. The zero-order valence-electron chi connectivity index (χ0n) is 9.96. The molecule has 16 heavy (non-hydrogen) atoms. The number of guanidine groups is 1. The minimum Gasteiger partial charge on any atom is -0.370 e. The van der Waals surface area contributed by atoms with Crippen molar-refractivity contribution in [3.05, 3.63) is 42.0 Å². The number of rotatable bonds is 4. The highest BCUT2D eigenvalue weighted by Gasteiger charge is 1.96. The van der Waals surface area contributed by atoms with Gasteiger partial charge in [0.15, 0.2) is 5.96 Å². The van der Waals surface area contributed by atoms with Gasteiger partial charge in [0.2, 0.25) is 0 Å². The lowest BCUT2D eigenvalue weighted by molar-refractivity contribution is 1.13. The quantitative estimate of drug-likeness (QED) is 0.462. The Morgan fingerprint density at radius 3 is 2.88 bits per heavy atom. The standard InChI is InChI=1S/C13H19N3/c1-4-11-6-5-7-12(8-11)16-13(14)15-9-10(2)3/h5-8H,2,4,9H2,1,3H3,(H3,14,15,16). The summed E-state index contributed by atoms with van der Waals surface area (Å²) in [6, 6.07) is 8.14. The second-order valence-electron chi connectivity index (χ2n) is 3.84. The van der Waals surface area contributed by atoms with Crippen LogP contribution < -0.4 is 11.1 Å². The van der Waals surface area contributed by atoms with Crippen LogP contribution in [-0.2, 0) is 6.42 Å². The van der Waals surface area contributed by atoms with Crippen LogP contribution in [0.25, 0.3) is 0 Å². The molecule has 0 saturated carbocycles. The molecule has 3 nitrogen and oxygen atoms in total. The van der Waals surface area contributed by atoms with Crippen LogP contribution in [0.15, 0.2) is 41.4 Å². The van der Waals surface area contributed by atoms with Crippen molar-refractivity contribution in [2.45, 2.75) is 20.3 Å². The van der Waals surface area contributed by atoms with Gasteiger partial charge in [-0.1, -0.05) is 31.2 Å². The topological polar surface area (TPSA) is 50.4 Å². The fraction of sp³-hybridized carbons (Fsp3) is 0.308. The van der Waals surface area contributed by atoms with Crippen LogP contribution in [0.5, 0.6) is 0 Å². The molecule has 0 aromatic heterocycles. The minimum absolute atomic E-state index is 0.427. The molecule has 0 amide bonds. The van der Waals surface area contributed by atoms with Crippen molar-refractivity contribution in [2.24, 2.45) is 10.7 Å². The molecular weight excluding hydrogens is 198 g/mol. The van der Waals surface area contributed by atoms with Gasteiger partial charge in [-0.25, -0.2) is 4.99 Å². The van der Waals surface area contributed by atoms with Gasteiger partial charge in [0.05, 0.1) is 6.54 Å². The molecule has 3 heteroatoms. The summed E-state index contributed by atoms with van der Waals surface area (Å²) in [6.45, 7) is 8.38. The van der Waals surface area contributed by atoms with Crippen LogP contribution in [0.1, 0.15) is 19.4 Å². The third kappa shape index (κ3) is 4.17. The molecule has 0 unspecified atom stereocenters. The van der Waals surface area contributed by atoms with E-state index < -0.39 is 0 Å². The Kier molecular flexibility index (Phi) is 4.58. The summed E-state index contributed by atoms with van der Waals surface area (Å²) in [6.07, 6.45) is 1.01. The van der Waals surface area contributed by atoms with Crippen LogP contribution in [0.3, 0.4) is 0 Å². The number of hydrogen-bond donors (Lipinski definition) is 2. The van der Waals surface area contributed by atoms with E-state index in [4.69, 9.17) is 5.73 Å². The lowest BCUT2D eigenvalue weighted by Gasteiger charge is -2.06. The van der Waals surface area contributed by atoms with Gasteiger partial charge in [-0.2, -0.15) is 0 Å². The number of aryl methyl sites for hydroxylation is 1. The van der Waals surface area contributed by atoms with E-state index in [-0.39, 0.29) is 0 Å². The third-order valence-corrected chi connectivity index (χ3v) is 2.13. The average molecular weight is 217 g/mol. The van der Waals surface area contributed by atoms with Crippen molar-refractivity contribution in [3.63, 3.8) is 0 Å². The smallest absolute Gasteiger partial charge is 0.193 e. The molecule has 0 aliphatic heterocycles. The molecule has 1 rings (SSSR count). The fourth-order valence-electron chi connectivity index (χ4n) is 1.28. The average Bonchev–Trinajstić information content (AvgIpc) is 2.26. The normalized spacial score (nSPS) is 11.2. The summed E-state index contributed by atoms with van der Waals surface area (Å²) < 4.78 is 0. The van der Waals surface area contributed by atoms with E-state index in [9.17, 15) is 0 Å². The summed E-state index contributed by atoms with van der Waals surface area (Å²) in [5, 5.41) is 3.06. The van der Waals surface area contributed by atoms with Gasteiger partial charge in [0.1, 0.15) is 0 Å². The number of anilines is 1. The zero-order chi connectivity index (χ0) is 12.0. The van der Waals surface area contributed by atoms with E-state index >= 15 is 0 Å². The van der Waals surface area contributed by atoms with Gasteiger partial charge in [-0.3, -0.25) is 0 Å². The Hall–Kier alpha value is -1.77. The molecule has 0 saturated heterocycles. The zero-order valence-corrected chi connectivity index (χ0v) is 9.96. The summed E-state index contributed by atoms with van der Waals surface area (Å²) in [5.74, 6) is 0.427. The molecule has 0 spiro atoms. The maximum Gasteiger partial charge on any atom is 0.193 e. The molecule has 3 N–H and O–H groups in total. The maximum absolute atomic E-state index is 5.74. The van der Waals surface area contributed by atoms with Gasteiger partial charge in [-0.05, 0) is 31.0 Å². The summed E-state index contributed by atoms with van der Waals surface area (Å²) in [5.41, 5.74) is 8.99. The molecular formula is C13H19N3. The van der Waals surface area contributed by atoms with E-state index in [0.717, 1.165) is 17.7 Å². The Balaban J connectivity index is 2.65. The molecule has 0 fully saturated rings. The first-order valence-electron chi connectivity index (χ1n) is 5.42. The predicted octanol–water partition coefficient (Wildman–Crippen LogP) is 2.55. The van der Waals surface area contributed by atoms with Crippen molar-refractivity contribution in [1.82, 2.24) is 0 Å². The van der Waals surface area contributed by atoms with E-state index in [1.165, 1.54) is 5.56 Å². The second-order valence-corrected chi connectivity index (χ2v) is 3.84. The molecule has 0 aliphatic rings. The number of aliphatic imine (C=N–C) groups is 1. The lowest BCUT2D eigenvalue weighted by atomic mass is 10.1. The maximum atomic E-state index is 5.74. The van der Waals surface area contributed by atoms with E-state index in [1.807, 2.05) is 19.1 Å². The van der Waals surface area contributed by atoms with Crippen molar-refractivity contribution in [1.29, 1.82) is 0 Å². The molecule has 0 radical (unpaired) electrons. The van der Waals surface area contributed by atoms with Gasteiger partial charge < -0.3 is 11.1 Å². The van der Waals surface area contributed by atoms with Gasteiger partial charge >= 0.3 is 0 Å².